The normalized spacial score (nSPS) is 12.6. The maximum atomic E-state index is 14.6. The zero-order valence-electron chi connectivity index (χ0n) is 24.2. The van der Waals surface area contributed by atoms with E-state index in [1.807, 2.05) is 24.3 Å². The summed E-state index contributed by atoms with van der Waals surface area (Å²) in [6, 6.07) is 11.9. The number of hydrogen-bond donors (Lipinski definition) is 2. The molecular weight excluding hydrogens is 589 g/mol. The molecule has 0 aromatic heterocycles. The number of allylic oxidation sites excluding steroid dienone is 1. The van der Waals surface area contributed by atoms with Gasteiger partial charge in [0, 0.05) is 17.9 Å². The van der Waals surface area contributed by atoms with Crippen molar-refractivity contribution in [1.29, 1.82) is 0 Å². The maximum absolute atomic E-state index is 14.6. The highest BCUT2D eigenvalue weighted by molar-refractivity contribution is 8.93. The first-order chi connectivity index (χ1) is 19.1. The number of benzene rings is 2. The standard InChI is InChI=1S/C32H46FN3O2S.BrH/c1-3-4-5-6-7-8-9-10-11-12-13-16-22-38-31-28(33)19-17-21-30(31)35-32(37)34-29-20-15-14-18-27(29)23-36-25-39-24-26(36)2;/h14-15,17-21,24H,3-13,16,22-23,25H2,1-2H3,(H2,34,35,37);1H. The van der Waals surface area contributed by atoms with Crippen LogP contribution in [-0.4, -0.2) is 23.4 Å². The number of hydrogen-bond acceptors (Lipinski definition) is 4. The van der Waals surface area contributed by atoms with E-state index in [0.717, 1.165) is 30.0 Å². The van der Waals surface area contributed by atoms with Crippen molar-refractivity contribution < 1.29 is 13.9 Å². The Balaban J connectivity index is 0.00000560. The SMILES string of the molecule is Br.CCCCCCCCCCCCCCOc1c(F)cccc1NC(=O)Nc1ccccc1CN1CSC=C1C. The summed E-state index contributed by atoms with van der Waals surface area (Å²) >= 11 is 1.77. The van der Waals surface area contributed by atoms with Crippen LogP contribution >= 0.6 is 28.7 Å². The number of anilines is 2. The summed E-state index contributed by atoms with van der Waals surface area (Å²) in [6.45, 7) is 5.48. The van der Waals surface area contributed by atoms with Crippen LogP contribution in [0.15, 0.2) is 53.6 Å². The van der Waals surface area contributed by atoms with Crippen LogP contribution < -0.4 is 15.4 Å². The summed E-state index contributed by atoms with van der Waals surface area (Å²) in [5, 5.41) is 7.86. The smallest absolute Gasteiger partial charge is 0.323 e. The number of thioether (sulfide) groups is 1. The highest BCUT2D eigenvalue weighted by Gasteiger charge is 2.16. The number of urea groups is 1. The zero-order valence-corrected chi connectivity index (χ0v) is 26.7. The monoisotopic (exact) mass is 635 g/mol. The molecule has 0 saturated heterocycles. The number of carbonyl (C=O) groups excluding carboxylic acids is 1. The molecule has 0 aliphatic carbocycles. The molecule has 0 atom stereocenters. The first-order valence-electron chi connectivity index (χ1n) is 14.7. The van der Waals surface area contributed by atoms with Gasteiger partial charge in [-0.2, -0.15) is 0 Å². The molecule has 1 heterocycles. The molecule has 222 valence electrons. The molecule has 3 rings (SSSR count). The minimum Gasteiger partial charge on any atom is -0.488 e. The van der Waals surface area contributed by atoms with Gasteiger partial charge in [-0.3, -0.25) is 0 Å². The average Bonchev–Trinajstić information content (AvgIpc) is 3.33. The van der Waals surface area contributed by atoms with Gasteiger partial charge in [0.05, 0.1) is 18.2 Å². The Morgan fingerprint density at radius 1 is 0.875 bits per heavy atom. The van der Waals surface area contributed by atoms with Crippen LogP contribution in [0.3, 0.4) is 0 Å². The lowest BCUT2D eigenvalue weighted by atomic mass is 10.1. The second-order valence-electron chi connectivity index (χ2n) is 10.3. The molecule has 1 aliphatic heterocycles. The number of para-hydroxylation sites is 2. The third-order valence-electron chi connectivity index (χ3n) is 7.07. The van der Waals surface area contributed by atoms with Crippen molar-refractivity contribution in [2.75, 3.05) is 23.1 Å². The van der Waals surface area contributed by atoms with E-state index in [4.69, 9.17) is 4.74 Å². The number of carbonyl (C=O) groups is 1. The Kier molecular flexibility index (Phi) is 16.8. The fourth-order valence-corrected chi connectivity index (χ4v) is 5.67. The van der Waals surface area contributed by atoms with E-state index >= 15 is 0 Å². The number of unbranched alkanes of at least 4 members (excludes halogenated alkanes) is 11. The van der Waals surface area contributed by atoms with Gasteiger partial charge in [-0.05, 0) is 42.5 Å². The predicted octanol–water partition coefficient (Wildman–Crippen LogP) is 10.5. The molecule has 2 amide bonds. The van der Waals surface area contributed by atoms with Gasteiger partial charge in [0.25, 0.3) is 0 Å². The third-order valence-corrected chi connectivity index (χ3v) is 8.04. The fraction of sp³-hybridized carbons (Fsp3) is 0.531. The first kappa shape index (κ1) is 34.0. The van der Waals surface area contributed by atoms with Gasteiger partial charge in [-0.1, -0.05) is 102 Å². The van der Waals surface area contributed by atoms with Gasteiger partial charge in [-0.15, -0.1) is 28.7 Å². The lowest BCUT2D eigenvalue weighted by molar-refractivity contribution is 0.261. The summed E-state index contributed by atoms with van der Waals surface area (Å²) in [6.07, 6.45) is 15.1. The van der Waals surface area contributed by atoms with E-state index in [-0.39, 0.29) is 22.7 Å². The molecule has 2 aromatic rings. The molecule has 0 spiro atoms. The molecule has 8 heteroatoms. The van der Waals surface area contributed by atoms with Gasteiger partial charge < -0.3 is 20.3 Å². The topological polar surface area (TPSA) is 53.6 Å². The second kappa shape index (κ2) is 19.8. The highest BCUT2D eigenvalue weighted by Crippen LogP contribution is 2.30. The number of nitrogens with one attached hydrogen (secondary N) is 2. The Morgan fingerprint density at radius 2 is 1.48 bits per heavy atom. The summed E-state index contributed by atoms with van der Waals surface area (Å²) in [7, 11) is 0. The van der Waals surface area contributed by atoms with Crippen molar-refractivity contribution in [2.24, 2.45) is 0 Å². The molecule has 0 bridgehead atoms. The molecule has 2 aromatic carbocycles. The predicted molar refractivity (Wildman–Crippen MR) is 174 cm³/mol. The van der Waals surface area contributed by atoms with E-state index in [2.05, 4.69) is 34.8 Å². The average molecular weight is 637 g/mol. The van der Waals surface area contributed by atoms with Crippen LogP contribution in [0.5, 0.6) is 5.75 Å². The quantitative estimate of drug-likeness (QED) is 0.160. The van der Waals surface area contributed by atoms with Gasteiger partial charge >= 0.3 is 6.03 Å². The Labute approximate surface area is 255 Å². The summed E-state index contributed by atoms with van der Waals surface area (Å²) in [5.74, 6) is 0.523. The summed E-state index contributed by atoms with van der Waals surface area (Å²) < 4.78 is 20.4. The lowest BCUT2D eigenvalue weighted by Gasteiger charge is -2.21. The summed E-state index contributed by atoms with van der Waals surface area (Å²) in [5.41, 5.74) is 3.30. The van der Waals surface area contributed by atoms with Crippen LogP contribution in [-0.2, 0) is 6.54 Å². The largest absolute Gasteiger partial charge is 0.488 e. The molecule has 1 aliphatic rings. The molecule has 5 nitrogen and oxygen atoms in total. The first-order valence-corrected chi connectivity index (χ1v) is 15.7. The van der Waals surface area contributed by atoms with Crippen LogP contribution in [0.2, 0.25) is 0 Å². The van der Waals surface area contributed by atoms with E-state index in [9.17, 15) is 9.18 Å². The van der Waals surface area contributed by atoms with Crippen molar-refractivity contribution in [1.82, 2.24) is 4.90 Å². The minimum absolute atomic E-state index is 0. The Bertz CT molecular complexity index is 1050. The van der Waals surface area contributed by atoms with Crippen LogP contribution in [0, 0.1) is 5.82 Å². The van der Waals surface area contributed by atoms with Crippen molar-refractivity contribution in [3.8, 4) is 5.75 Å². The van der Waals surface area contributed by atoms with E-state index < -0.39 is 11.8 Å². The molecule has 0 unspecified atom stereocenters. The molecule has 0 fully saturated rings. The number of amides is 2. The van der Waals surface area contributed by atoms with Gasteiger partial charge in [0.15, 0.2) is 11.6 Å². The molecule has 0 saturated carbocycles. The third kappa shape index (κ3) is 12.1. The number of ether oxygens (including phenoxy) is 1. The molecule has 40 heavy (non-hydrogen) atoms. The Hall–Kier alpha value is -2.19. The molecule has 0 radical (unpaired) electrons. The van der Waals surface area contributed by atoms with Gasteiger partial charge in [0.1, 0.15) is 0 Å². The van der Waals surface area contributed by atoms with Crippen LogP contribution in [0.1, 0.15) is 96.5 Å². The lowest BCUT2D eigenvalue weighted by Crippen LogP contribution is -2.23. The fourth-order valence-electron chi connectivity index (χ4n) is 4.73. The van der Waals surface area contributed by atoms with E-state index in [1.165, 1.54) is 76.0 Å². The van der Waals surface area contributed by atoms with Crippen molar-refractivity contribution in [2.45, 2.75) is 97.4 Å². The van der Waals surface area contributed by atoms with Crippen molar-refractivity contribution in [3.63, 3.8) is 0 Å². The molecule has 2 N–H and O–H groups in total. The van der Waals surface area contributed by atoms with Gasteiger partial charge in [-0.25, -0.2) is 9.18 Å². The van der Waals surface area contributed by atoms with Crippen LogP contribution in [0.4, 0.5) is 20.6 Å². The second-order valence-corrected chi connectivity index (χ2v) is 11.2. The number of halogens is 2. The van der Waals surface area contributed by atoms with E-state index in [1.54, 1.807) is 23.9 Å². The summed E-state index contributed by atoms with van der Waals surface area (Å²) in [4.78, 5) is 15.1. The van der Waals surface area contributed by atoms with Crippen LogP contribution in [0.25, 0.3) is 0 Å². The zero-order chi connectivity index (χ0) is 27.7. The van der Waals surface area contributed by atoms with Crippen molar-refractivity contribution in [3.05, 3.63) is 65.0 Å². The number of nitrogens with zero attached hydrogens (tertiary/aromatic N) is 1. The van der Waals surface area contributed by atoms with E-state index in [0.29, 0.717) is 18.8 Å². The number of rotatable bonds is 18. The minimum atomic E-state index is -0.471. The van der Waals surface area contributed by atoms with Crippen molar-refractivity contribution >= 4 is 46.1 Å². The highest BCUT2D eigenvalue weighted by atomic mass is 79.9. The molecular formula is C32H47BrFN3O2S. The Morgan fingerprint density at radius 3 is 2.12 bits per heavy atom. The maximum Gasteiger partial charge on any atom is 0.323 e. The van der Waals surface area contributed by atoms with Gasteiger partial charge in [0.2, 0.25) is 0 Å².